The summed E-state index contributed by atoms with van der Waals surface area (Å²) >= 11 is 0. The van der Waals surface area contributed by atoms with Gasteiger partial charge in [0.25, 0.3) is 0 Å². The normalized spacial score (nSPS) is 14.9. The first-order chi connectivity index (χ1) is 14.9. The first-order valence-corrected chi connectivity index (χ1v) is 10.2. The average molecular weight is 423 g/mol. The highest BCUT2D eigenvalue weighted by atomic mass is 16.5. The zero-order valence-corrected chi connectivity index (χ0v) is 17.9. The molecule has 164 valence electrons. The lowest BCUT2D eigenvalue weighted by atomic mass is 10.1. The molecule has 3 rings (SSSR count). The maximum absolute atomic E-state index is 12.6. The number of rotatable bonds is 10. The van der Waals surface area contributed by atoms with E-state index in [1.54, 1.807) is 13.8 Å². The molecule has 0 bridgehead atoms. The van der Waals surface area contributed by atoms with Crippen LogP contribution in [0.25, 0.3) is 6.08 Å². The van der Waals surface area contributed by atoms with E-state index in [2.05, 4.69) is 21.5 Å². The number of hydrazone groups is 1. The zero-order chi connectivity index (χ0) is 22.1. The van der Waals surface area contributed by atoms with Crippen molar-refractivity contribution in [3.63, 3.8) is 0 Å². The standard InChI is InChI=1S/C23H30N6O2/c1-23(2,24)22(30)25-20(17-31-16-19-12-7-4-8-13-19)21-26-27-28-29(21)15-9-14-18-10-5-3-6-11-18/h3-14,20,27-28H,15-17,24H2,1-2H3,(H,25,30)/b14-9+/t20-/m1/s1. The van der Waals surface area contributed by atoms with E-state index < -0.39 is 11.6 Å². The van der Waals surface area contributed by atoms with E-state index in [-0.39, 0.29) is 12.5 Å². The smallest absolute Gasteiger partial charge is 0.240 e. The molecular formula is C23H30N6O2. The maximum atomic E-state index is 12.6. The Bertz CT molecular complexity index is 893. The van der Waals surface area contributed by atoms with Crippen LogP contribution >= 0.6 is 0 Å². The molecule has 1 aliphatic rings. The number of nitrogens with one attached hydrogen (secondary N) is 3. The second-order valence-electron chi connectivity index (χ2n) is 7.87. The summed E-state index contributed by atoms with van der Waals surface area (Å²) in [6.07, 6.45) is 4.04. The molecule has 1 heterocycles. The van der Waals surface area contributed by atoms with Crippen molar-refractivity contribution in [3.05, 3.63) is 77.9 Å². The molecule has 0 aromatic heterocycles. The summed E-state index contributed by atoms with van der Waals surface area (Å²) in [7, 11) is 0. The average Bonchev–Trinajstić information content (AvgIpc) is 3.22. The summed E-state index contributed by atoms with van der Waals surface area (Å²) in [6.45, 7) is 4.55. The Balaban J connectivity index is 1.65. The summed E-state index contributed by atoms with van der Waals surface area (Å²) in [6, 6.07) is 19.4. The van der Waals surface area contributed by atoms with Gasteiger partial charge in [-0.3, -0.25) is 9.80 Å². The number of ether oxygens (including phenoxy) is 1. The molecule has 1 atom stereocenters. The highest BCUT2D eigenvalue weighted by Crippen LogP contribution is 2.08. The molecule has 31 heavy (non-hydrogen) atoms. The van der Waals surface area contributed by atoms with E-state index in [0.717, 1.165) is 11.1 Å². The van der Waals surface area contributed by atoms with Crippen molar-refractivity contribution in [2.75, 3.05) is 13.2 Å². The first-order valence-electron chi connectivity index (χ1n) is 10.2. The van der Waals surface area contributed by atoms with Gasteiger partial charge < -0.3 is 15.8 Å². The van der Waals surface area contributed by atoms with Crippen LogP contribution in [0.1, 0.15) is 25.0 Å². The number of amides is 1. The number of carbonyl (C=O) groups excluding carboxylic acids is 1. The number of nitrogens with two attached hydrogens (primary N) is 1. The Morgan fingerprint density at radius 3 is 2.55 bits per heavy atom. The lowest BCUT2D eigenvalue weighted by molar-refractivity contribution is -0.126. The van der Waals surface area contributed by atoms with Gasteiger partial charge in [-0.1, -0.05) is 72.8 Å². The van der Waals surface area contributed by atoms with Gasteiger partial charge in [0.2, 0.25) is 5.91 Å². The molecule has 5 N–H and O–H groups in total. The fraction of sp³-hybridized carbons (Fsp3) is 0.304. The third-order valence-electron chi connectivity index (χ3n) is 4.63. The van der Waals surface area contributed by atoms with Gasteiger partial charge in [-0.05, 0) is 25.0 Å². The second kappa shape index (κ2) is 10.7. The van der Waals surface area contributed by atoms with Crippen LogP contribution in [0.5, 0.6) is 0 Å². The van der Waals surface area contributed by atoms with Gasteiger partial charge in [0.15, 0.2) is 5.84 Å². The molecule has 0 spiro atoms. The van der Waals surface area contributed by atoms with Crippen LogP contribution < -0.4 is 22.1 Å². The summed E-state index contributed by atoms with van der Waals surface area (Å²) < 4.78 is 5.89. The molecule has 2 aromatic rings. The Morgan fingerprint density at radius 2 is 1.87 bits per heavy atom. The van der Waals surface area contributed by atoms with Crippen molar-refractivity contribution in [2.24, 2.45) is 10.8 Å². The Morgan fingerprint density at radius 1 is 1.19 bits per heavy atom. The van der Waals surface area contributed by atoms with E-state index in [1.807, 2.05) is 77.8 Å². The summed E-state index contributed by atoms with van der Waals surface area (Å²) in [5.41, 5.74) is 12.9. The van der Waals surface area contributed by atoms with Crippen LogP contribution in [-0.4, -0.2) is 41.5 Å². The van der Waals surface area contributed by atoms with Crippen LogP contribution in [0.4, 0.5) is 0 Å². The number of hydrazine groups is 2. The number of amidine groups is 1. The molecule has 0 unspecified atom stereocenters. The van der Waals surface area contributed by atoms with Gasteiger partial charge in [0, 0.05) is 0 Å². The van der Waals surface area contributed by atoms with E-state index in [0.29, 0.717) is 19.0 Å². The highest BCUT2D eigenvalue weighted by molar-refractivity contribution is 5.94. The third-order valence-corrected chi connectivity index (χ3v) is 4.63. The largest absolute Gasteiger partial charge is 0.374 e. The Kier molecular flexibility index (Phi) is 7.77. The predicted octanol–water partition coefficient (Wildman–Crippen LogP) is 1.78. The van der Waals surface area contributed by atoms with Crippen LogP contribution in [-0.2, 0) is 16.1 Å². The second-order valence-corrected chi connectivity index (χ2v) is 7.87. The molecule has 2 aromatic carbocycles. The first kappa shape index (κ1) is 22.5. The predicted molar refractivity (Wildman–Crippen MR) is 122 cm³/mol. The molecule has 0 aliphatic carbocycles. The monoisotopic (exact) mass is 422 g/mol. The van der Waals surface area contributed by atoms with Gasteiger partial charge in [0.05, 0.1) is 25.3 Å². The van der Waals surface area contributed by atoms with E-state index in [1.165, 1.54) is 0 Å². The molecule has 0 saturated heterocycles. The number of hydrogen-bond donors (Lipinski definition) is 4. The fourth-order valence-electron chi connectivity index (χ4n) is 2.92. The van der Waals surface area contributed by atoms with Gasteiger partial charge in [-0.2, -0.15) is 0 Å². The molecule has 8 heteroatoms. The summed E-state index contributed by atoms with van der Waals surface area (Å²) in [5, 5.41) is 9.09. The molecule has 1 aliphatic heterocycles. The number of hydrogen-bond acceptors (Lipinski definition) is 7. The maximum Gasteiger partial charge on any atom is 0.240 e. The highest BCUT2D eigenvalue weighted by Gasteiger charge is 2.31. The molecule has 1 amide bonds. The molecular weight excluding hydrogens is 392 g/mol. The minimum absolute atomic E-state index is 0.248. The van der Waals surface area contributed by atoms with Gasteiger partial charge in [-0.15, -0.1) is 10.6 Å². The van der Waals surface area contributed by atoms with Gasteiger partial charge >= 0.3 is 0 Å². The summed E-state index contributed by atoms with van der Waals surface area (Å²) in [4.78, 5) is 12.6. The van der Waals surface area contributed by atoms with Crippen molar-refractivity contribution in [2.45, 2.75) is 32.0 Å². The van der Waals surface area contributed by atoms with Crippen molar-refractivity contribution in [1.29, 1.82) is 0 Å². The number of benzene rings is 2. The van der Waals surface area contributed by atoms with Crippen LogP contribution in [0.15, 0.2) is 71.8 Å². The SMILES string of the molecule is CC(C)(N)C(=O)N[C@H](COCc1ccccc1)C1=NNNN1C/C=C/c1ccccc1. The quantitative estimate of drug-likeness (QED) is 0.465. The van der Waals surface area contributed by atoms with Gasteiger partial charge in [-0.25, -0.2) is 5.53 Å². The van der Waals surface area contributed by atoms with E-state index in [9.17, 15) is 4.79 Å². The number of carbonyl (C=O) groups is 1. The number of nitrogens with zero attached hydrogens (tertiary/aromatic N) is 2. The minimum Gasteiger partial charge on any atom is -0.374 e. The fourth-order valence-corrected chi connectivity index (χ4v) is 2.92. The Labute approximate surface area is 183 Å². The topological polar surface area (TPSA) is 104 Å². The van der Waals surface area contributed by atoms with Gasteiger partial charge in [0.1, 0.15) is 6.04 Å². The zero-order valence-electron chi connectivity index (χ0n) is 17.9. The van der Waals surface area contributed by atoms with Crippen LogP contribution in [0.3, 0.4) is 0 Å². The lowest BCUT2D eigenvalue weighted by Gasteiger charge is -2.27. The van der Waals surface area contributed by atoms with Crippen molar-refractivity contribution >= 4 is 17.8 Å². The van der Waals surface area contributed by atoms with Crippen molar-refractivity contribution in [1.82, 2.24) is 21.4 Å². The van der Waals surface area contributed by atoms with Crippen LogP contribution in [0.2, 0.25) is 0 Å². The molecule has 0 radical (unpaired) electrons. The lowest BCUT2D eigenvalue weighted by Crippen LogP contribution is -2.58. The van der Waals surface area contributed by atoms with Crippen molar-refractivity contribution < 1.29 is 9.53 Å². The molecule has 8 nitrogen and oxygen atoms in total. The third kappa shape index (κ3) is 6.92. The summed E-state index contributed by atoms with van der Waals surface area (Å²) in [5.74, 6) is 0.332. The molecule has 0 saturated carbocycles. The molecule has 0 fully saturated rings. The van der Waals surface area contributed by atoms with E-state index in [4.69, 9.17) is 10.5 Å². The minimum atomic E-state index is -1.02. The Hall–Kier alpha value is -3.20. The van der Waals surface area contributed by atoms with Crippen molar-refractivity contribution in [3.8, 4) is 0 Å². The van der Waals surface area contributed by atoms with Crippen LogP contribution in [0, 0.1) is 0 Å². The van der Waals surface area contributed by atoms with E-state index >= 15 is 0 Å².